The van der Waals surface area contributed by atoms with E-state index in [1.54, 1.807) is 6.33 Å². The highest BCUT2D eigenvalue weighted by molar-refractivity contribution is 5.00. The van der Waals surface area contributed by atoms with E-state index in [9.17, 15) is 0 Å². The van der Waals surface area contributed by atoms with E-state index in [1.807, 2.05) is 11.7 Å². The molecule has 1 aromatic rings. The maximum absolute atomic E-state index is 4.39. The van der Waals surface area contributed by atoms with Gasteiger partial charge in [-0.1, -0.05) is 13.3 Å². The summed E-state index contributed by atoms with van der Waals surface area (Å²) in [4.78, 5) is 7.03. The second-order valence-corrected chi connectivity index (χ2v) is 6.32. The van der Waals surface area contributed by atoms with Crippen LogP contribution < -0.4 is 5.32 Å². The van der Waals surface area contributed by atoms with Gasteiger partial charge < -0.3 is 5.32 Å². The van der Waals surface area contributed by atoms with Crippen molar-refractivity contribution in [1.82, 2.24) is 25.0 Å². The van der Waals surface area contributed by atoms with Crippen LogP contribution >= 0.6 is 0 Å². The molecule has 1 aromatic heterocycles. The number of piperidine rings is 1. The van der Waals surface area contributed by atoms with Crippen molar-refractivity contribution < 1.29 is 0 Å². The molecule has 1 fully saturated rings. The molecule has 2 heterocycles. The van der Waals surface area contributed by atoms with Gasteiger partial charge in [0, 0.05) is 25.0 Å². The molecule has 0 saturated carbocycles. The molecule has 5 nitrogen and oxygen atoms in total. The van der Waals surface area contributed by atoms with Gasteiger partial charge in [-0.2, -0.15) is 5.10 Å². The van der Waals surface area contributed by atoms with Crippen LogP contribution in [0.25, 0.3) is 0 Å². The zero-order valence-corrected chi connectivity index (χ0v) is 13.4. The number of aryl methyl sites for hydroxylation is 1. The lowest BCUT2D eigenvalue weighted by Crippen LogP contribution is -2.60. The van der Waals surface area contributed by atoms with Gasteiger partial charge in [0.05, 0.1) is 0 Å². The molecule has 0 bridgehead atoms. The van der Waals surface area contributed by atoms with E-state index in [2.05, 4.69) is 41.1 Å². The van der Waals surface area contributed by atoms with Gasteiger partial charge >= 0.3 is 0 Å². The molecule has 1 aliphatic rings. The Kier molecular flexibility index (Phi) is 5.16. The molecule has 1 unspecified atom stereocenters. The second kappa shape index (κ2) is 6.68. The van der Waals surface area contributed by atoms with Crippen LogP contribution in [0, 0.1) is 0 Å². The Morgan fingerprint density at radius 2 is 2.00 bits per heavy atom. The van der Waals surface area contributed by atoms with E-state index in [4.69, 9.17) is 0 Å². The number of hydrogen-bond acceptors (Lipinski definition) is 4. The smallest absolute Gasteiger partial charge is 0.138 e. The Bertz CT molecular complexity index is 406. The number of aromatic nitrogens is 3. The highest BCUT2D eigenvalue weighted by Gasteiger charge is 2.36. The highest BCUT2D eigenvalue weighted by Crippen LogP contribution is 2.25. The summed E-state index contributed by atoms with van der Waals surface area (Å²) in [5, 5.41) is 7.85. The molecule has 0 radical (unpaired) electrons. The average molecular weight is 279 g/mol. The van der Waals surface area contributed by atoms with Gasteiger partial charge in [-0.05, 0) is 46.3 Å². The van der Waals surface area contributed by atoms with Gasteiger partial charge in [-0.15, -0.1) is 0 Å². The number of likely N-dealkylation sites (tertiary alicyclic amines) is 1. The molecule has 20 heavy (non-hydrogen) atoms. The summed E-state index contributed by atoms with van der Waals surface area (Å²) >= 11 is 0. The van der Waals surface area contributed by atoms with Crippen molar-refractivity contribution >= 4 is 0 Å². The van der Waals surface area contributed by atoms with E-state index in [1.165, 1.54) is 32.4 Å². The van der Waals surface area contributed by atoms with Crippen molar-refractivity contribution in [1.29, 1.82) is 0 Å². The number of likely N-dealkylation sites (N-methyl/N-ethyl adjacent to an activating group) is 1. The number of rotatable bonds is 6. The Morgan fingerprint density at radius 3 is 2.55 bits per heavy atom. The van der Waals surface area contributed by atoms with Gasteiger partial charge in [0.2, 0.25) is 0 Å². The van der Waals surface area contributed by atoms with E-state index < -0.39 is 0 Å². The first kappa shape index (κ1) is 15.4. The van der Waals surface area contributed by atoms with Crippen molar-refractivity contribution in [3.8, 4) is 0 Å². The molecule has 5 heteroatoms. The lowest BCUT2D eigenvalue weighted by Gasteiger charge is -2.46. The van der Waals surface area contributed by atoms with Crippen LogP contribution in [0.5, 0.6) is 0 Å². The van der Waals surface area contributed by atoms with Gasteiger partial charge in [0.1, 0.15) is 12.2 Å². The molecule has 1 N–H and O–H groups in total. The van der Waals surface area contributed by atoms with Crippen molar-refractivity contribution in [3.63, 3.8) is 0 Å². The minimum atomic E-state index is 0.141. The summed E-state index contributed by atoms with van der Waals surface area (Å²) in [7, 11) is 1.97. The summed E-state index contributed by atoms with van der Waals surface area (Å²) in [5.74, 6) is 1.06. The minimum absolute atomic E-state index is 0.141. The largest absolute Gasteiger partial charge is 0.312 e. The Balaban J connectivity index is 2.11. The normalized spacial score (nSPS) is 19.2. The Morgan fingerprint density at radius 1 is 1.30 bits per heavy atom. The van der Waals surface area contributed by atoms with Crippen molar-refractivity contribution in [2.45, 2.75) is 58.0 Å². The van der Waals surface area contributed by atoms with Crippen LogP contribution in [0.4, 0.5) is 0 Å². The van der Waals surface area contributed by atoms with Crippen LogP contribution in [0.3, 0.4) is 0 Å². The zero-order chi connectivity index (χ0) is 14.6. The number of hydrogen-bond donors (Lipinski definition) is 1. The second-order valence-electron chi connectivity index (χ2n) is 6.32. The number of nitrogens with one attached hydrogen (secondary N) is 1. The van der Waals surface area contributed by atoms with E-state index >= 15 is 0 Å². The first-order valence-electron chi connectivity index (χ1n) is 7.87. The zero-order valence-electron chi connectivity index (χ0n) is 13.4. The van der Waals surface area contributed by atoms with Crippen LogP contribution in [0.15, 0.2) is 6.33 Å². The summed E-state index contributed by atoms with van der Waals surface area (Å²) in [5.41, 5.74) is 0.141. The third-order valence-corrected chi connectivity index (χ3v) is 4.67. The van der Waals surface area contributed by atoms with Crippen molar-refractivity contribution in [2.75, 3.05) is 19.6 Å². The molecule has 114 valence electrons. The standard InChI is InChI=1S/C15H29N5/c1-5-16-13(11-14-17-12-18-19(14)4)15(2,3)20-9-7-6-8-10-20/h12-13,16H,5-11H2,1-4H3. The van der Waals surface area contributed by atoms with Gasteiger partial charge in [-0.25, -0.2) is 4.98 Å². The fourth-order valence-corrected chi connectivity index (χ4v) is 3.20. The third-order valence-electron chi connectivity index (χ3n) is 4.67. The lowest BCUT2D eigenvalue weighted by molar-refractivity contribution is 0.0607. The van der Waals surface area contributed by atoms with Crippen LogP contribution in [0.1, 0.15) is 45.9 Å². The van der Waals surface area contributed by atoms with Crippen LogP contribution in [0.2, 0.25) is 0 Å². The molecule has 0 spiro atoms. The van der Waals surface area contributed by atoms with Crippen LogP contribution in [-0.4, -0.2) is 50.9 Å². The molecular weight excluding hydrogens is 250 g/mol. The van der Waals surface area contributed by atoms with Gasteiger partial charge in [0.25, 0.3) is 0 Å². The quantitative estimate of drug-likeness (QED) is 0.859. The molecule has 1 saturated heterocycles. The minimum Gasteiger partial charge on any atom is -0.312 e. The van der Waals surface area contributed by atoms with Crippen molar-refractivity contribution in [3.05, 3.63) is 12.2 Å². The number of nitrogens with zero attached hydrogens (tertiary/aromatic N) is 4. The molecule has 2 rings (SSSR count). The summed E-state index contributed by atoms with van der Waals surface area (Å²) in [6.45, 7) is 10.3. The summed E-state index contributed by atoms with van der Waals surface area (Å²) in [6.07, 6.45) is 6.60. The summed E-state index contributed by atoms with van der Waals surface area (Å²) in [6, 6.07) is 0.397. The van der Waals surface area contributed by atoms with E-state index in [0.29, 0.717) is 6.04 Å². The van der Waals surface area contributed by atoms with E-state index in [-0.39, 0.29) is 5.54 Å². The maximum Gasteiger partial charge on any atom is 0.138 e. The fraction of sp³-hybridized carbons (Fsp3) is 0.867. The topological polar surface area (TPSA) is 46.0 Å². The predicted octanol–water partition coefficient (Wildman–Crippen LogP) is 1.60. The monoisotopic (exact) mass is 279 g/mol. The first-order chi connectivity index (χ1) is 9.55. The van der Waals surface area contributed by atoms with Crippen molar-refractivity contribution in [2.24, 2.45) is 7.05 Å². The lowest BCUT2D eigenvalue weighted by atomic mass is 9.87. The predicted molar refractivity (Wildman–Crippen MR) is 81.7 cm³/mol. The van der Waals surface area contributed by atoms with Gasteiger partial charge in [0.15, 0.2) is 0 Å². The Labute approximate surface area is 122 Å². The third kappa shape index (κ3) is 3.38. The highest BCUT2D eigenvalue weighted by atomic mass is 15.3. The SMILES string of the molecule is CCNC(Cc1ncnn1C)C(C)(C)N1CCCCC1. The fourth-order valence-electron chi connectivity index (χ4n) is 3.20. The molecule has 1 aliphatic heterocycles. The van der Waals surface area contributed by atoms with E-state index in [0.717, 1.165) is 18.8 Å². The first-order valence-corrected chi connectivity index (χ1v) is 7.87. The molecular formula is C15H29N5. The average Bonchev–Trinajstić information content (AvgIpc) is 2.85. The summed E-state index contributed by atoms with van der Waals surface area (Å²) < 4.78 is 1.89. The maximum atomic E-state index is 4.39. The molecule has 0 aromatic carbocycles. The molecule has 0 aliphatic carbocycles. The Hall–Kier alpha value is -0.940. The van der Waals surface area contributed by atoms with Gasteiger partial charge in [-0.3, -0.25) is 9.58 Å². The van der Waals surface area contributed by atoms with Crippen LogP contribution in [-0.2, 0) is 13.5 Å². The molecule has 1 atom stereocenters. The molecule has 0 amide bonds.